The van der Waals surface area contributed by atoms with Gasteiger partial charge in [0.15, 0.2) is 0 Å². The first-order valence-corrected chi connectivity index (χ1v) is 4.80. The zero-order chi connectivity index (χ0) is 9.26. The predicted molar refractivity (Wildman–Crippen MR) is 51.2 cm³/mol. The standard InChI is InChI=1S/C11H14FN/c1-2-13-11-7-10(11)8-4-3-5-9(12)6-8/h3-6,10-11,13H,2,7H2,1H3. The van der Waals surface area contributed by atoms with Gasteiger partial charge in [-0.05, 0) is 30.7 Å². The molecule has 1 nitrogen and oxygen atoms in total. The fourth-order valence-electron chi connectivity index (χ4n) is 1.79. The molecule has 0 saturated heterocycles. The van der Waals surface area contributed by atoms with Crippen LogP contribution in [0.4, 0.5) is 4.39 Å². The maximum Gasteiger partial charge on any atom is 0.123 e. The first kappa shape index (κ1) is 8.70. The third-order valence-corrected chi connectivity index (χ3v) is 2.53. The fraction of sp³-hybridized carbons (Fsp3) is 0.455. The number of benzene rings is 1. The summed E-state index contributed by atoms with van der Waals surface area (Å²) in [6.07, 6.45) is 1.15. The van der Waals surface area contributed by atoms with Gasteiger partial charge in [-0.25, -0.2) is 4.39 Å². The molecule has 2 heteroatoms. The van der Waals surface area contributed by atoms with Crippen LogP contribution in [-0.2, 0) is 0 Å². The summed E-state index contributed by atoms with van der Waals surface area (Å²) in [6.45, 7) is 3.09. The Bertz CT molecular complexity index is 298. The minimum Gasteiger partial charge on any atom is -0.314 e. The minimum absolute atomic E-state index is 0.125. The van der Waals surface area contributed by atoms with Crippen LogP contribution >= 0.6 is 0 Å². The number of hydrogen-bond donors (Lipinski definition) is 1. The molecule has 13 heavy (non-hydrogen) atoms. The van der Waals surface area contributed by atoms with E-state index in [2.05, 4.69) is 12.2 Å². The van der Waals surface area contributed by atoms with Crippen LogP contribution in [0.3, 0.4) is 0 Å². The molecule has 1 N–H and O–H groups in total. The van der Waals surface area contributed by atoms with Gasteiger partial charge in [0.25, 0.3) is 0 Å². The molecule has 1 saturated carbocycles. The molecule has 0 aromatic heterocycles. The summed E-state index contributed by atoms with van der Waals surface area (Å²) in [5.74, 6) is 0.412. The van der Waals surface area contributed by atoms with E-state index in [-0.39, 0.29) is 5.82 Å². The van der Waals surface area contributed by atoms with Crippen LogP contribution in [0.15, 0.2) is 24.3 Å². The smallest absolute Gasteiger partial charge is 0.123 e. The maximum atomic E-state index is 12.8. The van der Waals surface area contributed by atoms with Crippen molar-refractivity contribution in [3.05, 3.63) is 35.6 Å². The highest BCUT2D eigenvalue weighted by atomic mass is 19.1. The molecule has 2 rings (SSSR count). The second kappa shape index (κ2) is 3.46. The summed E-state index contributed by atoms with van der Waals surface area (Å²) in [5.41, 5.74) is 1.13. The average Bonchev–Trinajstić information content (AvgIpc) is 2.85. The molecule has 0 heterocycles. The first-order chi connectivity index (χ1) is 6.31. The zero-order valence-electron chi connectivity index (χ0n) is 7.76. The van der Waals surface area contributed by atoms with Crippen molar-refractivity contribution in [2.45, 2.75) is 25.3 Å². The van der Waals surface area contributed by atoms with E-state index in [0.717, 1.165) is 18.5 Å². The zero-order valence-corrected chi connectivity index (χ0v) is 7.76. The van der Waals surface area contributed by atoms with E-state index < -0.39 is 0 Å². The van der Waals surface area contributed by atoms with E-state index in [1.807, 2.05) is 6.07 Å². The maximum absolute atomic E-state index is 12.8. The molecule has 1 aromatic rings. The van der Waals surface area contributed by atoms with Gasteiger partial charge in [0, 0.05) is 12.0 Å². The van der Waals surface area contributed by atoms with E-state index in [9.17, 15) is 4.39 Å². The Morgan fingerprint density at radius 1 is 1.54 bits per heavy atom. The van der Waals surface area contributed by atoms with E-state index in [0.29, 0.717) is 12.0 Å². The summed E-state index contributed by atoms with van der Waals surface area (Å²) >= 11 is 0. The molecule has 1 fully saturated rings. The van der Waals surface area contributed by atoms with Crippen molar-refractivity contribution < 1.29 is 4.39 Å². The third-order valence-electron chi connectivity index (χ3n) is 2.53. The summed E-state index contributed by atoms with van der Waals surface area (Å²) in [7, 11) is 0. The van der Waals surface area contributed by atoms with Crippen LogP contribution in [0, 0.1) is 5.82 Å². The Labute approximate surface area is 78.0 Å². The lowest BCUT2D eigenvalue weighted by molar-refractivity contribution is 0.624. The molecule has 0 radical (unpaired) electrons. The van der Waals surface area contributed by atoms with E-state index in [4.69, 9.17) is 0 Å². The van der Waals surface area contributed by atoms with Gasteiger partial charge in [-0.15, -0.1) is 0 Å². The fourth-order valence-corrected chi connectivity index (χ4v) is 1.79. The highest BCUT2D eigenvalue weighted by molar-refractivity contribution is 5.28. The van der Waals surface area contributed by atoms with Gasteiger partial charge in [0.1, 0.15) is 5.82 Å². The van der Waals surface area contributed by atoms with Crippen molar-refractivity contribution in [1.29, 1.82) is 0 Å². The monoisotopic (exact) mass is 179 g/mol. The van der Waals surface area contributed by atoms with Crippen LogP contribution in [0.25, 0.3) is 0 Å². The van der Waals surface area contributed by atoms with Crippen molar-refractivity contribution in [1.82, 2.24) is 5.32 Å². The topological polar surface area (TPSA) is 12.0 Å². The number of rotatable bonds is 3. The molecule has 1 aromatic carbocycles. The lowest BCUT2D eigenvalue weighted by Gasteiger charge is -2.00. The van der Waals surface area contributed by atoms with E-state index in [1.165, 1.54) is 6.07 Å². The Hall–Kier alpha value is -0.890. The van der Waals surface area contributed by atoms with Crippen molar-refractivity contribution >= 4 is 0 Å². The Morgan fingerprint density at radius 2 is 2.38 bits per heavy atom. The SMILES string of the molecule is CCNC1CC1c1cccc(F)c1. The van der Waals surface area contributed by atoms with Crippen molar-refractivity contribution in [2.24, 2.45) is 0 Å². The molecular weight excluding hydrogens is 165 g/mol. The van der Waals surface area contributed by atoms with Gasteiger partial charge >= 0.3 is 0 Å². The van der Waals surface area contributed by atoms with Gasteiger partial charge in [0.2, 0.25) is 0 Å². The average molecular weight is 179 g/mol. The van der Waals surface area contributed by atoms with Gasteiger partial charge in [0.05, 0.1) is 0 Å². The largest absolute Gasteiger partial charge is 0.314 e. The Kier molecular flexibility index (Phi) is 2.32. The van der Waals surface area contributed by atoms with Crippen molar-refractivity contribution in [3.63, 3.8) is 0 Å². The number of likely N-dealkylation sites (N-methyl/N-ethyl adjacent to an activating group) is 1. The highest BCUT2D eigenvalue weighted by Gasteiger charge is 2.37. The number of hydrogen-bond acceptors (Lipinski definition) is 1. The van der Waals surface area contributed by atoms with Crippen LogP contribution < -0.4 is 5.32 Å². The highest BCUT2D eigenvalue weighted by Crippen LogP contribution is 2.40. The van der Waals surface area contributed by atoms with Crippen LogP contribution in [0.1, 0.15) is 24.8 Å². The quantitative estimate of drug-likeness (QED) is 0.750. The van der Waals surface area contributed by atoms with Gasteiger partial charge in [-0.2, -0.15) is 0 Å². The molecule has 1 aliphatic rings. The Morgan fingerprint density at radius 3 is 3.08 bits per heavy atom. The lowest BCUT2D eigenvalue weighted by atomic mass is 10.1. The second-order valence-electron chi connectivity index (χ2n) is 3.56. The molecule has 0 amide bonds. The van der Waals surface area contributed by atoms with Crippen LogP contribution in [0.5, 0.6) is 0 Å². The Balaban J connectivity index is 2.03. The normalized spacial score (nSPS) is 26.0. The van der Waals surface area contributed by atoms with Crippen molar-refractivity contribution in [2.75, 3.05) is 6.54 Å². The number of nitrogens with one attached hydrogen (secondary N) is 1. The summed E-state index contributed by atoms with van der Waals surface area (Å²) in [6, 6.07) is 7.50. The third kappa shape index (κ3) is 1.89. The summed E-state index contributed by atoms with van der Waals surface area (Å²) in [5, 5.41) is 3.37. The van der Waals surface area contributed by atoms with E-state index in [1.54, 1.807) is 12.1 Å². The van der Waals surface area contributed by atoms with E-state index >= 15 is 0 Å². The molecule has 0 spiro atoms. The van der Waals surface area contributed by atoms with Gasteiger partial charge < -0.3 is 5.32 Å². The molecular formula is C11H14FN. The molecule has 0 aliphatic heterocycles. The molecule has 2 atom stereocenters. The van der Waals surface area contributed by atoms with Gasteiger partial charge in [-0.1, -0.05) is 19.1 Å². The minimum atomic E-state index is -0.125. The van der Waals surface area contributed by atoms with Gasteiger partial charge in [-0.3, -0.25) is 0 Å². The second-order valence-corrected chi connectivity index (χ2v) is 3.56. The van der Waals surface area contributed by atoms with Crippen molar-refractivity contribution in [3.8, 4) is 0 Å². The molecule has 0 bridgehead atoms. The van der Waals surface area contributed by atoms with Crippen LogP contribution in [-0.4, -0.2) is 12.6 Å². The first-order valence-electron chi connectivity index (χ1n) is 4.80. The van der Waals surface area contributed by atoms with Crippen LogP contribution in [0.2, 0.25) is 0 Å². The molecule has 1 aliphatic carbocycles. The predicted octanol–water partition coefficient (Wildman–Crippen LogP) is 2.29. The lowest BCUT2D eigenvalue weighted by Crippen LogP contribution is -2.16. The summed E-state index contributed by atoms with van der Waals surface area (Å²) < 4.78 is 12.8. The number of halogens is 1. The molecule has 70 valence electrons. The molecule has 2 unspecified atom stereocenters. The summed E-state index contributed by atoms with van der Waals surface area (Å²) in [4.78, 5) is 0.